The summed E-state index contributed by atoms with van der Waals surface area (Å²) >= 11 is 0. The van der Waals surface area contributed by atoms with Crippen LogP contribution in [0.15, 0.2) is 18.2 Å². The van der Waals surface area contributed by atoms with E-state index in [-0.39, 0.29) is 17.7 Å². The molecule has 1 unspecified atom stereocenters. The average Bonchev–Trinajstić information content (AvgIpc) is 2.68. The monoisotopic (exact) mass is 231 g/mol. The van der Waals surface area contributed by atoms with E-state index in [1.807, 2.05) is 6.07 Å². The first-order valence-electron chi connectivity index (χ1n) is 6.39. The molecule has 0 radical (unpaired) electrons. The molecular formula is C14H17NO2. The van der Waals surface area contributed by atoms with Gasteiger partial charge < -0.3 is 10.4 Å². The summed E-state index contributed by atoms with van der Waals surface area (Å²) in [5, 5.41) is 12.5. The Balaban J connectivity index is 1.92. The van der Waals surface area contributed by atoms with Gasteiger partial charge in [-0.2, -0.15) is 0 Å². The topological polar surface area (TPSA) is 49.3 Å². The first kappa shape index (κ1) is 10.6. The van der Waals surface area contributed by atoms with E-state index in [9.17, 15) is 9.90 Å². The van der Waals surface area contributed by atoms with Gasteiger partial charge in [-0.3, -0.25) is 4.79 Å². The number of carbonyl (C=O) groups excluding carboxylic acids is 1. The summed E-state index contributed by atoms with van der Waals surface area (Å²) in [7, 11) is 0. The van der Waals surface area contributed by atoms with E-state index in [0.29, 0.717) is 11.5 Å². The molecule has 90 valence electrons. The first-order chi connectivity index (χ1) is 8.25. The lowest BCUT2D eigenvalue weighted by Crippen LogP contribution is -2.27. The number of phenolic OH excluding ortho intramolecular Hbond substituents is 1. The predicted octanol–water partition coefficient (Wildman–Crippen LogP) is 2.76. The highest BCUT2D eigenvalue weighted by Crippen LogP contribution is 2.39. The van der Waals surface area contributed by atoms with Gasteiger partial charge in [-0.1, -0.05) is 25.3 Å². The number of amides is 1. The fraction of sp³-hybridized carbons (Fsp3) is 0.500. The Hall–Kier alpha value is -1.51. The molecule has 0 saturated heterocycles. The molecule has 1 amide bonds. The Morgan fingerprint density at radius 3 is 2.71 bits per heavy atom. The molecule has 1 fully saturated rings. The van der Waals surface area contributed by atoms with Gasteiger partial charge in [0.25, 0.3) is 5.91 Å². The van der Waals surface area contributed by atoms with Crippen molar-refractivity contribution in [3.63, 3.8) is 0 Å². The SMILES string of the molecule is O=C1NC(C2CCCCC2)c2ccc(O)cc21. The summed E-state index contributed by atoms with van der Waals surface area (Å²) < 4.78 is 0. The van der Waals surface area contributed by atoms with E-state index in [4.69, 9.17) is 0 Å². The Bertz CT molecular complexity index is 450. The number of phenols is 1. The summed E-state index contributed by atoms with van der Waals surface area (Å²) in [6.45, 7) is 0. The molecule has 3 nitrogen and oxygen atoms in total. The molecule has 0 bridgehead atoms. The number of aromatic hydroxyl groups is 1. The third kappa shape index (κ3) is 1.79. The van der Waals surface area contributed by atoms with Gasteiger partial charge in [-0.15, -0.1) is 0 Å². The largest absolute Gasteiger partial charge is 0.508 e. The molecule has 3 rings (SSSR count). The molecule has 3 heteroatoms. The van der Waals surface area contributed by atoms with Crippen LogP contribution in [-0.4, -0.2) is 11.0 Å². The van der Waals surface area contributed by atoms with Crippen LogP contribution in [0.5, 0.6) is 5.75 Å². The lowest BCUT2D eigenvalue weighted by Gasteiger charge is -2.27. The van der Waals surface area contributed by atoms with Gasteiger partial charge in [0.15, 0.2) is 0 Å². The quantitative estimate of drug-likeness (QED) is 0.780. The van der Waals surface area contributed by atoms with Crippen molar-refractivity contribution in [3.8, 4) is 5.75 Å². The van der Waals surface area contributed by atoms with Gasteiger partial charge in [-0.25, -0.2) is 0 Å². The van der Waals surface area contributed by atoms with E-state index < -0.39 is 0 Å². The summed E-state index contributed by atoms with van der Waals surface area (Å²) in [5.41, 5.74) is 1.72. The molecule has 17 heavy (non-hydrogen) atoms. The summed E-state index contributed by atoms with van der Waals surface area (Å²) in [4.78, 5) is 11.8. The Kier molecular flexibility index (Phi) is 2.54. The standard InChI is InChI=1S/C14H17NO2/c16-10-6-7-11-12(8-10)14(17)15-13(11)9-4-2-1-3-5-9/h6-9,13,16H,1-5H2,(H,15,17). The minimum atomic E-state index is -0.0357. The third-order valence-corrected chi connectivity index (χ3v) is 4.02. The molecule has 1 saturated carbocycles. The summed E-state index contributed by atoms with van der Waals surface area (Å²) in [6, 6.07) is 5.31. The second kappa shape index (κ2) is 4.06. The molecular weight excluding hydrogens is 214 g/mol. The molecule has 1 atom stereocenters. The molecule has 2 aliphatic rings. The number of benzene rings is 1. The van der Waals surface area contributed by atoms with Gasteiger partial charge in [0.05, 0.1) is 6.04 Å². The Morgan fingerprint density at radius 2 is 1.94 bits per heavy atom. The fourth-order valence-electron chi connectivity index (χ4n) is 3.15. The van der Waals surface area contributed by atoms with Crippen LogP contribution in [0.25, 0.3) is 0 Å². The summed E-state index contributed by atoms with van der Waals surface area (Å²) in [6.07, 6.45) is 6.25. The van der Waals surface area contributed by atoms with E-state index in [1.165, 1.54) is 32.1 Å². The minimum absolute atomic E-state index is 0.0357. The Morgan fingerprint density at radius 1 is 1.18 bits per heavy atom. The number of fused-ring (bicyclic) bond motifs is 1. The lowest BCUT2D eigenvalue weighted by molar-refractivity contribution is 0.0940. The van der Waals surface area contributed by atoms with Crippen molar-refractivity contribution in [1.29, 1.82) is 0 Å². The minimum Gasteiger partial charge on any atom is -0.508 e. The number of hydrogen-bond donors (Lipinski definition) is 2. The van der Waals surface area contributed by atoms with Crippen LogP contribution in [0, 0.1) is 5.92 Å². The second-order valence-corrected chi connectivity index (χ2v) is 5.12. The van der Waals surface area contributed by atoms with Crippen molar-refractivity contribution in [2.75, 3.05) is 0 Å². The van der Waals surface area contributed by atoms with Crippen LogP contribution in [0.2, 0.25) is 0 Å². The van der Waals surface area contributed by atoms with E-state index in [2.05, 4.69) is 5.32 Å². The number of carbonyl (C=O) groups is 1. The number of hydrogen-bond acceptors (Lipinski definition) is 2. The van der Waals surface area contributed by atoms with E-state index in [1.54, 1.807) is 12.1 Å². The highest BCUT2D eigenvalue weighted by molar-refractivity contribution is 5.99. The fourth-order valence-corrected chi connectivity index (χ4v) is 3.15. The average molecular weight is 231 g/mol. The molecule has 0 aromatic heterocycles. The molecule has 1 aromatic rings. The van der Waals surface area contributed by atoms with Crippen molar-refractivity contribution < 1.29 is 9.90 Å². The highest BCUT2D eigenvalue weighted by Gasteiger charge is 2.34. The molecule has 0 spiro atoms. The van der Waals surface area contributed by atoms with Crippen LogP contribution < -0.4 is 5.32 Å². The molecule has 2 N–H and O–H groups in total. The predicted molar refractivity (Wildman–Crippen MR) is 64.9 cm³/mol. The molecule has 1 aliphatic heterocycles. The van der Waals surface area contributed by atoms with Crippen molar-refractivity contribution in [2.24, 2.45) is 5.92 Å². The molecule has 1 aliphatic carbocycles. The lowest BCUT2D eigenvalue weighted by atomic mass is 9.81. The maximum atomic E-state index is 11.8. The molecule has 1 heterocycles. The van der Waals surface area contributed by atoms with Gasteiger partial charge in [0.2, 0.25) is 0 Å². The second-order valence-electron chi connectivity index (χ2n) is 5.12. The number of rotatable bonds is 1. The van der Waals surface area contributed by atoms with Crippen molar-refractivity contribution in [3.05, 3.63) is 29.3 Å². The smallest absolute Gasteiger partial charge is 0.252 e. The van der Waals surface area contributed by atoms with Crippen molar-refractivity contribution >= 4 is 5.91 Å². The first-order valence-corrected chi connectivity index (χ1v) is 6.39. The van der Waals surface area contributed by atoms with Crippen molar-refractivity contribution in [2.45, 2.75) is 38.1 Å². The van der Waals surface area contributed by atoms with Crippen LogP contribution in [0.1, 0.15) is 54.1 Å². The molecule has 1 aromatic carbocycles. The maximum absolute atomic E-state index is 11.8. The van der Waals surface area contributed by atoms with E-state index >= 15 is 0 Å². The van der Waals surface area contributed by atoms with Crippen LogP contribution in [-0.2, 0) is 0 Å². The van der Waals surface area contributed by atoms with Crippen LogP contribution in [0.4, 0.5) is 0 Å². The van der Waals surface area contributed by atoms with Gasteiger partial charge in [0, 0.05) is 5.56 Å². The maximum Gasteiger partial charge on any atom is 0.252 e. The normalized spacial score (nSPS) is 24.5. The van der Waals surface area contributed by atoms with Crippen LogP contribution >= 0.6 is 0 Å². The van der Waals surface area contributed by atoms with Gasteiger partial charge in [0.1, 0.15) is 5.75 Å². The highest BCUT2D eigenvalue weighted by atomic mass is 16.3. The van der Waals surface area contributed by atoms with Crippen LogP contribution in [0.3, 0.4) is 0 Å². The third-order valence-electron chi connectivity index (χ3n) is 4.02. The van der Waals surface area contributed by atoms with E-state index in [0.717, 1.165) is 5.56 Å². The summed E-state index contributed by atoms with van der Waals surface area (Å²) in [5.74, 6) is 0.702. The van der Waals surface area contributed by atoms with Crippen molar-refractivity contribution in [1.82, 2.24) is 5.32 Å². The zero-order chi connectivity index (χ0) is 11.8. The Labute approximate surface area is 101 Å². The van der Waals surface area contributed by atoms with Gasteiger partial charge >= 0.3 is 0 Å². The zero-order valence-electron chi connectivity index (χ0n) is 9.78. The van der Waals surface area contributed by atoms with Gasteiger partial charge in [-0.05, 0) is 36.5 Å². The zero-order valence-corrected chi connectivity index (χ0v) is 9.78. The number of nitrogens with one attached hydrogen (secondary N) is 1.